The number of rotatable bonds is 4. The molecule has 0 saturated carbocycles. The molecule has 1 aromatic heterocycles. The third-order valence-corrected chi connectivity index (χ3v) is 3.56. The molecule has 0 aliphatic heterocycles. The van der Waals surface area contributed by atoms with Gasteiger partial charge in [-0.15, -0.1) is 0 Å². The molecule has 3 aromatic rings. The van der Waals surface area contributed by atoms with Crippen LogP contribution in [0.5, 0.6) is 0 Å². The van der Waals surface area contributed by atoms with Gasteiger partial charge in [-0.25, -0.2) is 9.37 Å². The fourth-order valence-electron chi connectivity index (χ4n) is 2.48. The summed E-state index contributed by atoms with van der Waals surface area (Å²) in [5, 5.41) is 2.83. The summed E-state index contributed by atoms with van der Waals surface area (Å²) in [5.41, 5.74) is 2.40. The second-order valence-corrected chi connectivity index (χ2v) is 4.95. The molecule has 22 heavy (non-hydrogen) atoms. The molecule has 0 fully saturated rings. The van der Waals surface area contributed by atoms with Crippen molar-refractivity contribution < 1.29 is 9.18 Å². The fourth-order valence-corrected chi connectivity index (χ4v) is 2.48. The minimum atomic E-state index is -0.357. The van der Waals surface area contributed by atoms with E-state index in [1.807, 2.05) is 31.2 Å². The zero-order valence-electron chi connectivity index (χ0n) is 12.2. The molecule has 2 aromatic carbocycles. The van der Waals surface area contributed by atoms with E-state index in [0.29, 0.717) is 12.1 Å². The van der Waals surface area contributed by atoms with Crippen LogP contribution in [0.15, 0.2) is 48.5 Å². The lowest BCUT2D eigenvalue weighted by atomic mass is 10.2. The number of para-hydroxylation sites is 2. The lowest BCUT2D eigenvalue weighted by Crippen LogP contribution is -2.24. The number of fused-ring (bicyclic) bond motifs is 1. The maximum absolute atomic E-state index is 12.9. The van der Waals surface area contributed by atoms with Gasteiger partial charge in [-0.2, -0.15) is 0 Å². The minimum absolute atomic E-state index is 0.241. The van der Waals surface area contributed by atoms with Crippen molar-refractivity contribution in [2.24, 2.45) is 0 Å². The van der Waals surface area contributed by atoms with Crippen molar-refractivity contribution in [3.05, 3.63) is 65.7 Å². The van der Waals surface area contributed by atoms with Crippen molar-refractivity contribution in [3.8, 4) is 0 Å². The molecular weight excluding hydrogens is 281 g/mol. The Morgan fingerprint density at radius 3 is 2.64 bits per heavy atom. The number of carbonyl (C=O) groups excluding carboxylic acids is 1. The van der Waals surface area contributed by atoms with Gasteiger partial charge in [0.2, 0.25) is 0 Å². The minimum Gasteiger partial charge on any atom is -0.345 e. The molecule has 4 nitrogen and oxygen atoms in total. The third-order valence-electron chi connectivity index (χ3n) is 3.56. The predicted octanol–water partition coefficient (Wildman–Crippen LogP) is 3.13. The highest BCUT2D eigenvalue weighted by molar-refractivity contribution is 5.94. The van der Waals surface area contributed by atoms with Gasteiger partial charge in [0.15, 0.2) is 0 Å². The average molecular weight is 297 g/mol. The summed E-state index contributed by atoms with van der Waals surface area (Å²) < 4.78 is 14.9. The Morgan fingerprint density at radius 1 is 1.18 bits per heavy atom. The van der Waals surface area contributed by atoms with E-state index in [2.05, 4.69) is 14.9 Å². The second-order valence-electron chi connectivity index (χ2n) is 4.95. The summed E-state index contributed by atoms with van der Waals surface area (Å²) in [6.45, 7) is 3.15. The van der Waals surface area contributed by atoms with Crippen LogP contribution >= 0.6 is 0 Å². The Kier molecular flexibility index (Phi) is 3.87. The highest BCUT2D eigenvalue weighted by Crippen LogP contribution is 2.15. The van der Waals surface area contributed by atoms with Crippen molar-refractivity contribution in [1.29, 1.82) is 0 Å². The molecule has 1 amide bonds. The van der Waals surface area contributed by atoms with Crippen molar-refractivity contribution in [2.45, 2.75) is 20.0 Å². The van der Waals surface area contributed by atoms with Gasteiger partial charge in [-0.1, -0.05) is 12.1 Å². The summed E-state index contributed by atoms with van der Waals surface area (Å²) in [4.78, 5) is 16.6. The molecular formula is C17H16FN3O. The fraction of sp³-hybridized carbons (Fsp3) is 0.176. The predicted molar refractivity (Wildman–Crippen MR) is 83.0 cm³/mol. The number of aryl methyl sites for hydroxylation is 1. The molecule has 5 heteroatoms. The highest BCUT2D eigenvalue weighted by Gasteiger charge is 2.11. The summed E-state index contributed by atoms with van der Waals surface area (Å²) in [7, 11) is 0. The van der Waals surface area contributed by atoms with Crippen molar-refractivity contribution in [3.63, 3.8) is 0 Å². The van der Waals surface area contributed by atoms with E-state index in [9.17, 15) is 9.18 Å². The molecule has 1 heterocycles. The number of amides is 1. The smallest absolute Gasteiger partial charge is 0.251 e. The van der Waals surface area contributed by atoms with Crippen LogP contribution in [0.1, 0.15) is 23.1 Å². The topological polar surface area (TPSA) is 46.9 Å². The van der Waals surface area contributed by atoms with Crippen LogP contribution in [-0.4, -0.2) is 15.5 Å². The highest BCUT2D eigenvalue weighted by atomic mass is 19.1. The number of hydrogen-bond donors (Lipinski definition) is 1. The van der Waals surface area contributed by atoms with E-state index >= 15 is 0 Å². The van der Waals surface area contributed by atoms with Crippen LogP contribution in [0.2, 0.25) is 0 Å². The first-order valence-corrected chi connectivity index (χ1v) is 7.17. The molecule has 0 atom stereocenters. The van der Waals surface area contributed by atoms with Crippen LogP contribution < -0.4 is 5.32 Å². The zero-order chi connectivity index (χ0) is 15.5. The Morgan fingerprint density at radius 2 is 1.91 bits per heavy atom. The molecule has 0 aliphatic rings. The Bertz CT molecular complexity index is 808. The van der Waals surface area contributed by atoms with Gasteiger partial charge in [-0.3, -0.25) is 4.79 Å². The van der Waals surface area contributed by atoms with Gasteiger partial charge in [-0.05, 0) is 43.3 Å². The number of nitrogens with one attached hydrogen (secondary N) is 1. The van der Waals surface area contributed by atoms with Crippen LogP contribution in [-0.2, 0) is 13.1 Å². The normalized spacial score (nSPS) is 10.8. The molecule has 0 saturated heterocycles. The van der Waals surface area contributed by atoms with Gasteiger partial charge in [0.25, 0.3) is 5.91 Å². The van der Waals surface area contributed by atoms with Crippen LogP contribution in [0.4, 0.5) is 4.39 Å². The maximum Gasteiger partial charge on any atom is 0.251 e. The van der Waals surface area contributed by atoms with Crippen molar-refractivity contribution in [1.82, 2.24) is 14.9 Å². The van der Waals surface area contributed by atoms with Crippen molar-refractivity contribution >= 4 is 16.9 Å². The Hall–Kier alpha value is -2.69. The lowest BCUT2D eigenvalue weighted by molar-refractivity contribution is 0.0949. The molecule has 0 spiro atoms. The quantitative estimate of drug-likeness (QED) is 0.804. The number of benzene rings is 2. The Labute approximate surface area is 127 Å². The second kappa shape index (κ2) is 5.97. The molecule has 1 N–H and O–H groups in total. The Balaban J connectivity index is 1.79. The van der Waals surface area contributed by atoms with E-state index < -0.39 is 0 Å². The van der Waals surface area contributed by atoms with E-state index in [4.69, 9.17) is 0 Å². The molecule has 112 valence electrons. The molecule has 0 unspecified atom stereocenters. The summed E-state index contributed by atoms with van der Waals surface area (Å²) in [5.74, 6) is 0.207. The monoisotopic (exact) mass is 297 g/mol. The first kappa shape index (κ1) is 14.3. The molecule has 3 rings (SSSR count). The number of hydrogen-bond acceptors (Lipinski definition) is 2. The average Bonchev–Trinajstić information content (AvgIpc) is 2.90. The molecule has 0 aliphatic carbocycles. The number of halogens is 1. The summed E-state index contributed by atoms with van der Waals surface area (Å²) >= 11 is 0. The number of carbonyl (C=O) groups is 1. The number of nitrogens with zero attached hydrogens (tertiary/aromatic N) is 2. The lowest BCUT2D eigenvalue weighted by Gasteiger charge is -2.08. The number of aromatic nitrogens is 2. The first-order valence-electron chi connectivity index (χ1n) is 7.17. The van der Waals surface area contributed by atoms with Crippen LogP contribution in [0.3, 0.4) is 0 Å². The largest absolute Gasteiger partial charge is 0.345 e. The van der Waals surface area contributed by atoms with Crippen LogP contribution in [0.25, 0.3) is 11.0 Å². The number of imidazole rings is 1. The van der Waals surface area contributed by atoms with Crippen molar-refractivity contribution in [2.75, 3.05) is 0 Å². The standard InChI is InChI=1S/C17H16FN3O/c1-2-21-15-6-4-3-5-14(15)20-16(21)11-19-17(22)12-7-9-13(18)10-8-12/h3-10H,2,11H2,1H3,(H,19,22). The van der Waals surface area contributed by atoms with E-state index in [-0.39, 0.29) is 11.7 Å². The summed E-state index contributed by atoms with van der Waals surface area (Å²) in [6.07, 6.45) is 0. The third kappa shape index (κ3) is 2.70. The van der Waals surface area contributed by atoms with Gasteiger partial charge in [0, 0.05) is 12.1 Å². The van der Waals surface area contributed by atoms with E-state index in [0.717, 1.165) is 23.4 Å². The SMILES string of the molecule is CCn1c(CNC(=O)c2ccc(F)cc2)nc2ccccc21. The first-order chi connectivity index (χ1) is 10.7. The van der Waals surface area contributed by atoms with Gasteiger partial charge >= 0.3 is 0 Å². The van der Waals surface area contributed by atoms with Crippen LogP contribution in [0, 0.1) is 5.82 Å². The molecule has 0 radical (unpaired) electrons. The van der Waals surface area contributed by atoms with Gasteiger partial charge in [0.1, 0.15) is 11.6 Å². The van der Waals surface area contributed by atoms with E-state index in [1.165, 1.54) is 24.3 Å². The maximum atomic E-state index is 12.9. The van der Waals surface area contributed by atoms with Gasteiger partial charge in [0.05, 0.1) is 17.6 Å². The molecule has 0 bridgehead atoms. The zero-order valence-corrected chi connectivity index (χ0v) is 12.2. The summed E-state index contributed by atoms with van der Waals surface area (Å²) in [6, 6.07) is 13.4. The van der Waals surface area contributed by atoms with Gasteiger partial charge < -0.3 is 9.88 Å². The van der Waals surface area contributed by atoms with E-state index in [1.54, 1.807) is 0 Å².